The normalized spacial score (nSPS) is 12.5. The van der Waals surface area contributed by atoms with Crippen LogP contribution in [-0.4, -0.2) is 46.1 Å². The van der Waals surface area contributed by atoms with Crippen LogP contribution < -0.4 is 10.5 Å². The Bertz CT molecular complexity index is 1400. The number of nitrogens with zero attached hydrogens (tertiary/aromatic N) is 3. The largest absolute Gasteiger partial charge is 0.494 e. The van der Waals surface area contributed by atoms with Crippen molar-refractivity contribution in [2.75, 3.05) is 20.3 Å². The minimum atomic E-state index is -4.64. The van der Waals surface area contributed by atoms with Gasteiger partial charge in [-0.3, -0.25) is 4.79 Å². The van der Waals surface area contributed by atoms with Crippen LogP contribution in [0.25, 0.3) is 22.4 Å². The van der Waals surface area contributed by atoms with Gasteiger partial charge in [-0.05, 0) is 36.8 Å². The molecule has 0 aliphatic rings. The summed E-state index contributed by atoms with van der Waals surface area (Å²) >= 11 is 0. The Morgan fingerprint density at radius 1 is 1.14 bits per heavy atom. The van der Waals surface area contributed by atoms with E-state index in [1.807, 2.05) is 30.3 Å². The van der Waals surface area contributed by atoms with Gasteiger partial charge in [-0.25, -0.2) is 9.97 Å². The zero-order chi connectivity index (χ0) is 26.7. The molecule has 2 heterocycles. The molecule has 4 aromatic rings. The van der Waals surface area contributed by atoms with Gasteiger partial charge in [-0.2, -0.15) is 13.2 Å². The molecule has 4 rings (SSSR count). The lowest BCUT2D eigenvalue weighted by molar-refractivity contribution is -0.140. The number of nitrogens with two attached hydrogens (primary N) is 1. The number of aliphatic hydroxyl groups is 1. The highest BCUT2D eigenvalue weighted by molar-refractivity contribution is 5.98. The first kappa shape index (κ1) is 26.1. The summed E-state index contributed by atoms with van der Waals surface area (Å²) in [6, 6.07) is 13.7. The SMILES string of the molecule is COc1ccc(-c2nc(C(=O)N(CCO)Cc3ccccc3)c(C(C)N)o2)c2ccc(C(F)(F)F)nc12. The van der Waals surface area contributed by atoms with E-state index in [9.17, 15) is 23.1 Å². The number of benzene rings is 2. The standard InChI is InChI=1S/C26H25F3N4O4/c1-15(30)23-22(25(35)33(12-13-34)14-16-6-4-3-5-7-16)32-24(37-23)18-8-10-19(36-2)21-17(18)9-11-20(31-21)26(27,28)29/h3-11,15,34H,12-14,30H2,1-2H3. The molecular weight excluding hydrogens is 489 g/mol. The van der Waals surface area contributed by atoms with Gasteiger partial charge in [-0.1, -0.05) is 30.3 Å². The van der Waals surface area contributed by atoms with Crippen molar-refractivity contribution in [2.45, 2.75) is 25.7 Å². The second kappa shape index (κ2) is 10.6. The second-order valence-electron chi connectivity index (χ2n) is 8.36. The lowest BCUT2D eigenvalue weighted by Crippen LogP contribution is -2.34. The van der Waals surface area contributed by atoms with Gasteiger partial charge in [0, 0.05) is 24.0 Å². The summed E-state index contributed by atoms with van der Waals surface area (Å²) in [6.07, 6.45) is -4.64. The van der Waals surface area contributed by atoms with Crippen LogP contribution in [0.1, 0.15) is 40.5 Å². The van der Waals surface area contributed by atoms with Gasteiger partial charge < -0.3 is 24.9 Å². The molecule has 0 saturated heterocycles. The fourth-order valence-electron chi connectivity index (χ4n) is 3.94. The zero-order valence-electron chi connectivity index (χ0n) is 20.1. The predicted octanol–water partition coefficient (Wildman–Crippen LogP) is 4.57. The summed E-state index contributed by atoms with van der Waals surface area (Å²) in [7, 11) is 1.33. The number of amides is 1. The van der Waals surface area contributed by atoms with Crippen LogP contribution >= 0.6 is 0 Å². The number of carbonyl (C=O) groups excluding carboxylic acids is 1. The third-order valence-electron chi connectivity index (χ3n) is 5.70. The molecule has 2 aromatic carbocycles. The third-order valence-corrected chi connectivity index (χ3v) is 5.70. The smallest absolute Gasteiger partial charge is 0.433 e. The van der Waals surface area contributed by atoms with E-state index in [0.29, 0.717) is 10.9 Å². The average molecular weight is 515 g/mol. The topological polar surface area (TPSA) is 115 Å². The van der Waals surface area contributed by atoms with Crippen molar-refractivity contribution in [3.05, 3.63) is 77.3 Å². The van der Waals surface area contributed by atoms with E-state index >= 15 is 0 Å². The number of oxazole rings is 1. The molecule has 0 fully saturated rings. The van der Waals surface area contributed by atoms with Crippen molar-refractivity contribution >= 4 is 16.8 Å². The molecule has 3 N–H and O–H groups in total. The molecule has 0 aliphatic carbocycles. The number of aliphatic hydroxyl groups excluding tert-OH is 1. The molecule has 8 nitrogen and oxygen atoms in total. The Morgan fingerprint density at radius 2 is 1.86 bits per heavy atom. The molecule has 2 aromatic heterocycles. The van der Waals surface area contributed by atoms with Crippen molar-refractivity contribution in [1.29, 1.82) is 0 Å². The molecule has 1 unspecified atom stereocenters. The Hall–Kier alpha value is -3.96. The zero-order valence-corrected chi connectivity index (χ0v) is 20.1. The number of hydrogen-bond donors (Lipinski definition) is 2. The van der Waals surface area contributed by atoms with Crippen LogP contribution in [0.15, 0.2) is 59.0 Å². The summed E-state index contributed by atoms with van der Waals surface area (Å²) < 4.78 is 51.0. The summed E-state index contributed by atoms with van der Waals surface area (Å²) in [4.78, 5) is 23.1. The Labute approximate surface area is 210 Å². The Morgan fingerprint density at radius 3 is 2.49 bits per heavy atom. The van der Waals surface area contributed by atoms with Gasteiger partial charge >= 0.3 is 6.18 Å². The van der Waals surface area contributed by atoms with E-state index in [-0.39, 0.29) is 48.3 Å². The second-order valence-corrected chi connectivity index (χ2v) is 8.36. The molecule has 0 aliphatic heterocycles. The van der Waals surface area contributed by atoms with Gasteiger partial charge in [0.15, 0.2) is 11.5 Å². The highest BCUT2D eigenvalue weighted by atomic mass is 19.4. The molecule has 0 bridgehead atoms. The first-order valence-electron chi connectivity index (χ1n) is 11.4. The summed E-state index contributed by atoms with van der Waals surface area (Å²) in [6.45, 7) is 1.62. The van der Waals surface area contributed by atoms with Crippen LogP contribution in [-0.2, 0) is 12.7 Å². The van der Waals surface area contributed by atoms with Gasteiger partial charge in [0.05, 0.1) is 19.8 Å². The Balaban J connectivity index is 1.81. The maximum absolute atomic E-state index is 13.5. The van der Waals surface area contributed by atoms with Gasteiger partial charge in [0.1, 0.15) is 17.0 Å². The van der Waals surface area contributed by atoms with E-state index in [2.05, 4.69) is 9.97 Å². The lowest BCUT2D eigenvalue weighted by Gasteiger charge is -2.21. The van der Waals surface area contributed by atoms with Crippen molar-refractivity contribution < 1.29 is 32.2 Å². The molecule has 194 valence electrons. The minimum Gasteiger partial charge on any atom is -0.494 e. The van der Waals surface area contributed by atoms with Gasteiger partial charge in [-0.15, -0.1) is 0 Å². The number of methoxy groups -OCH3 is 1. The highest BCUT2D eigenvalue weighted by Crippen LogP contribution is 2.37. The van der Waals surface area contributed by atoms with Crippen LogP contribution in [0.5, 0.6) is 5.75 Å². The maximum atomic E-state index is 13.5. The van der Waals surface area contributed by atoms with Crippen LogP contribution in [0.3, 0.4) is 0 Å². The van der Waals surface area contributed by atoms with Crippen molar-refractivity contribution in [2.24, 2.45) is 5.73 Å². The summed E-state index contributed by atoms with van der Waals surface area (Å²) in [5.74, 6) is -0.263. The van der Waals surface area contributed by atoms with Crippen LogP contribution in [0, 0.1) is 0 Å². The fourth-order valence-corrected chi connectivity index (χ4v) is 3.94. The molecule has 1 amide bonds. The number of pyridine rings is 1. The monoisotopic (exact) mass is 514 g/mol. The molecule has 0 radical (unpaired) electrons. The first-order valence-corrected chi connectivity index (χ1v) is 11.4. The molecular formula is C26H25F3N4O4. The number of halogens is 3. The first-order chi connectivity index (χ1) is 17.6. The molecule has 0 saturated carbocycles. The molecule has 11 heteroatoms. The minimum absolute atomic E-state index is 0.00600. The average Bonchev–Trinajstić information content (AvgIpc) is 3.33. The number of alkyl halides is 3. The number of ether oxygens (including phenoxy) is 1. The lowest BCUT2D eigenvalue weighted by atomic mass is 10.1. The number of carbonyl (C=O) groups is 1. The van der Waals surface area contributed by atoms with Crippen LogP contribution in [0.4, 0.5) is 13.2 Å². The number of fused-ring (bicyclic) bond motifs is 1. The highest BCUT2D eigenvalue weighted by Gasteiger charge is 2.33. The fraction of sp³-hybridized carbons (Fsp3) is 0.269. The summed E-state index contributed by atoms with van der Waals surface area (Å²) in [5, 5.41) is 9.85. The molecule has 1 atom stereocenters. The number of hydrogen-bond acceptors (Lipinski definition) is 7. The number of rotatable bonds is 8. The van der Waals surface area contributed by atoms with Gasteiger partial charge in [0.2, 0.25) is 5.89 Å². The van der Waals surface area contributed by atoms with E-state index in [0.717, 1.165) is 11.6 Å². The van der Waals surface area contributed by atoms with Gasteiger partial charge in [0.25, 0.3) is 5.91 Å². The maximum Gasteiger partial charge on any atom is 0.433 e. The molecule has 0 spiro atoms. The van der Waals surface area contributed by atoms with E-state index < -0.39 is 23.8 Å². The number of aromatic nitrogens is 2. The van der Waals surface area contributed by atoms with Crippen LogP contribution in [0.2, 0.25) is 0 Å². The predicted molar refractivity (Wildman–Crippen MR) is 130 cm³/mol. The third kappa shape index (κ3) is 5.42. The van der Waals surface area contributed by atoms with Crippen molar-refractivity contribution in [3.63, 3.8) is 0 Å². The summed E-state index contributed by atoms with van der Waals surface area (Å²) in [5.41, 5.74) is 6.10. The quantitative estimate of drug-likeness (QED) is 0.354. The Kier molecular flexibility index (Phi) is 7.46. The van der Waals surface area contributed by atoms with E-state index in [4.69, 9.17) is 14.9 Å². The molecule has 37 heavy (non-hydrogen) atoms. The van der Waals surface area contributed by atoms with E-state index in [1.54, 1.807) is 13.0 Å². The van der Waals surface area contributed by atoms with Crippen molar-refractivity contribution in [1.82, 2.24) is 14.9 Å². The van der Waals surface area contributed by atoms with Crippen molar-refractivity contribution in [3.8, 4) is 17.2 Å². The van der Waals surface area contributed by atoms with E-state index in [1.165, 1.54) is 24.1 Å².